The number of hydrogen-bond donors (Lipinski definition) is 2. The fraction of sp³-hybridized carbons (Fsp3) is 0.111. The van der Waals surface area contributed by atoms with Crippen LogP contribution in [0.25, 0.3) is 0 Å². The van der Waals surface area contributed by atoms with E-state index in [1.807, 2.05) is 22.6 Å². The Morgan fingerprint density at radius 1 is 1.43 bits per heavy atom. The van der Waals surface area contributed by atoms with Gasteiger partial charge in [0.05, 0.1) is 11.3 Å². The van der Waals surface area contributed by atoms with E-state index in [9.17, 15) is 9.59 Å². The van der Waals surface area contributed by atoms with E-state index in [0.717, 1.165) is 3.57 Å². The summed E-state index contributed by atoms with van der Waals surface area (Å²) in [5.74, 6) is -1.22. The molecule has 1 aromatic carbocycles. The molecule has 74 valence electrons. The molecule has 0 aliphatic carbocycles. The smallest absolute Gasteiger partial charge is 0.335 e. The first-order chi connectivity index (χ1) is 6.50. The van der Waals surface area contributed by atoms with Gasteiger partial charge >= 0.3 is 5.97 Å². The first-order valence-corrected chi connectivity index (χ1v) is 4.89. The normalized spacial score (nSPS) is 9.57. The Morgan fingerprint density at radius 2 is 2.07 bits per heavy atom. The highest BCUT2D eigenvalue weighted by Crippen LogP contribution is 2.19. The summed E-state index contributed by atoms with van der Waals surface area (Å²) in [5, 5.41) is 11.3. The molecule has 1 aromatic rings. The minimum Gasteiger partial charge on any atom is -0.478 e. The lowest BCUT2D eigenvalue weighted by Crippen LogP contribution is -2.08. The van der Waals surface area contributed by atoms with E-state index in [1.165, 1.54) is 19.1 Å². The molecule has 14 heavy (non-hydrogen) atoms. The maximum Gasteiger partial charge on any atom is 0.335 e. The van der Waals surface area contributed by atoms with Crippen LogP contribution in [-0.2, 0) is 4.79 Å². The van der Waals surface area contributed by atoms with Gasteiger partial charge in [-0.3, -0.25) is 4.79 Å². The second-order valence-electron chi connectivity index (χ2n) is 2.68. The van der Waals surface area contributed by atoms with Crippen LogP contribution in [-0.4, -0.2) is 17.0 Å². The van der Waals surface area contributed by atoms with Crippen LogP contribution in [0.5, 0.6) is 0 Å². The number of hydrogen-bond acceptors (Lipinski definition) is 2. The zero-order valence-electron chi connectivity index (χ0n) is 7.37. The predicted molar refractivity (Wildman–Crippen MR) is 60.4 cm³/mol. The van der Waals surface area contributed by atoms with Crippen molar-refractivity contribution in [3.63, 3.8) is 0 Å². The molecule has 0 saturated carbocycles. The van der Waals surface area contributed by atoms with Gasteiger partial charge in [-0.1, -0.05) is 0 Å². The van der Waals surface area contributed by atoms with Crippen molar-refractivity contribution in [3.05, 3.63) is 27.3 Å². The molecule has 4 nitrogen and oxygen atoms in total. The van der Waals surface area contributed by atoms with Crippen molar-refractivity contribution in [2.75, 3.05) is 5.32 Å². The van der Waals surface area contributed by atoms with Crippen molar-refractivity contribution < 1.29 is 14.7 Å². The molecule has 5 heteroatoms. The average Bonchev–Trinajstić information content (AvgIpc) is 2.07. The standard InChI is InChI=1S/C9H8INO3/c1-5(12)11-8-4-6(9(13)14)2-3-7(8)10/h2-4H,1H3,(H,11,12)(H,13,14). The summed E-state index contributed by atoms with van der Waals surface area (Å²) in [6.45, 7) is 1.38. The van der Waals surface area contributed by atoms with Gasteiger partial charge < -0.3 is 10.4 Å². The molecule has 0 fully saturated rings. The fourth-order valence-electron chi connectivity index (χ4n) is 0.944. The highest BCUT2D eigenvalue weighted by Gasteiger charge is 2.07. The molecule has 0 unspecified atom stereocenters. The Labute approximate surface area is 94.5 Å². The van der Waals surface area contributed by atoms with Gasteiger partial charge in [0.25, 0.3) is 0 Å². The third kappa shape index (κ3) is 2.69. The maximum absolute atomic E-state index is 10.8. The van der Waals surface area contributed by atoms with E-state index in [1.54, 1.807) is 6.07 Å². The molecular weight excluding hydrogens is 297 g/mol. The van der Waals surface area contributed by atoms with Crippen molar-refractivity contribution in [3.8, 4) is 0 Å². The Bertz CT molecular complexity index is 390. The first kappa shape index (κ1) is 11.0. The van der Waals surface area contributed by atoms with Crippen LogP contribution in [0.4, 0.5) is 5.69 Å². The quantitative estimate of drug-likeness (QED) is 0.821. The number of aromatic carboxylic acids is 1. The van der Waals surface area contributed by atoms with E-state index in [-0.39, 0.29) is 11.5 Å². The second kappa shape index (κ2) is 4.41. The predicted octanol–water partition coefficient (Wildman–Crippen LogP) is 1.95. The number of carboxylic acid groups (broad SMARTS) is 1. The zero-order chi connectivity index (χ0) is 10.7. The van der Waals surface area contributed by atoms with Gasteiger partial charge in [-0.25, -0.2) is 4.79 Å². The van der Waals surface area contributed by atoms with Crippen LogP contribution in [0.1, 0.15) is 17.3 Å². The Hall–Kier alpha value is -1.11. The van der Waals surface area contributed by atoms with Gasteiger partial charge in [-0.2, -0.15) is 0 Å². The molecule has 0 radical (unpaired) electrons. The van der Waals surface area contributed by atoms with Crippen LogP contribution >= 0.6 is 22.6 Å². The largest absolute Gasteiger partial charge is 0.478 e. The maximum atomic E-state index is 10.8. The molecule has 0 aromatic heterocycles. The molecule has 1 rings (SSSR count). The van der Waals surface area contributed by atoms with Crippen LogP contribution in [0, 0.1) is 3.57 Å². The summed E-state index contributed by atoms with van der Waals surface area (Å²) >= 11 is 2.03. The SMILES string of the molecule is CC(=O)Nc1cc(C(=O)O)ccc1I. The highest BCUT2D eigenvalue weighted by atomic mass is 127. The van der Waals surface area contributed by atoms with Gasteiger partial charge in [0.15, 0.2) is 0 Å². The molecule has 0 saturated heterocycles. The molecular formula is C9H8INO3. The summed E-state index contributed by atoms with van der Waals surface area (Å²) < 4.78 is 0.808. The Kier molecular flexibility index (Phi) is 3.45. The molecule has 0 aliphatic heterocycles. The molecule has 2 N–H and O–H groups in total. The van der Waals surface area contributed by atoms with Gasteiger partial charge in [-0.15, -0.1) is 0 Å². The number of carbonyl (C=O) groups is 2. The zero-order valence-corrected chi connectivity index (χ0v) is 9.53. The van der Waals surface area contributed by atoms with E-state index in [0.29, 0.717) is 5.69 Å². The van der Waals surface area contributed by atoms with Crippen LogP contribution in [0.15, 0.2) is 18.2 Å². The number of carboxylic acids is 1. The van der Waals surface area contributed by atoms with E-state index in [4.69, 9.17) is 5.11 Å². The molecule has 0 bridgehead atoms. The van der Waals surface area contributed by atoms with E-state index >= 15 is 0 Å². The number of anilines is 1. The van der Waals surface area contributed by atoms with Crippen molar-refractivity contribution >= 4 is 40.2 Å². The lowest BCUT2D eigenvalue weighted by molar-refractivity contribution is -0.114. The highest BCUT2D eigenvalue weighted by molar-refractivity contribution is 14.1. The molecule has 0 aliphatic rings. The van der Waals surface area contributed by atoms with E-state index < -0.39 is 5.97 Å². The number of benzene rings is 1. The Balaban J connectivity index is 3.08. The fourth-order valence-corrected chi connectivity index (χ4v) is 1.41. The van der Waals surface area contributed by atoms with Gasteiger partial charge in [-0.05, 0) is 40.8 Å². The third-order valence-electron chi connectivity index (χ3n) is 1.52. The molecule has 0 spiro atoms. The summed E-state index contributed by atoms with van der Waals surface area (Å²) in [6, 6.07) is 4.58. The topological polar surface area (TPSA) is 66.4 Å². The van der Waals surface area contributed by atoms with Crippen LogP contribution in [0.3, 0.4) is 0 Å². The Morgan fingerprint density at radius 3 is 2.57 bits per heavy atom. The van der Waals surface area contributed by atoms with Crippen LogP contribution < -0.4 is 5.32 Å². The lowest BCUT2D eigenvalue weighted by atomic mass is 10.2. The van der Waals surface area contributed by atoms with Crippen LogP contribution in [0.2, 0.25) is 0 Å². The number of halogens is 1. The number of amides is 1. The summed E-state index contributed by atoms with van der Waals surface area (Å²) in [4.78, 5) is 21.4. The average molecular weight is 305 g/mol. The third-order valence-corrected chi connectivity index (χ3v) is 2.46. The number of rotatable bonds is 2. The van der Waals surface area contributed by atoms with E-state index in [2.05, 4.69) is 5.32 Å². The monoisotopic (exact) mass is 305 g/mol. The van der Waals surface area contributed by atoms with Crippen molar-refractivity contribution in [2.24, 2.45) is 0 Å². The molecule has 1 amide bonds. The number of carbonyl (C=O) groups excluding carboxylic acids is 1. The minimum absolute atomic E-state index is 0.161. The summed E-state index contributed by atoms with van der Waals surface area (Å²) in [6.07, 6.45) is 0. The lowest BCUT2D eigenvalue weighted by Gasteiger charge is -2.05. The summed E-state index contributed by atoms with van der Waals surface area (Å²) in [5.41, 5.74) is 0.687. The second-order valence-corrected chi connectivity index (χ2v) is 3.84. The van der Waals surface area contributed by atoms with Gasteiger partial charge in [0.2, 0.25) is 5.91 Å². The van der Waals surface area contributed by atoms with Gasteiger partial charge in [0.1, 0.15) is 0 Å². The van der Waals surface area contributed by atoms with Gasteiger partial charge in [0, 0.05) is 10.5 Å². The number of nitrogens with one attached hydrogen (secondary N) is 1. The minimum atomic E-state index is -1.01. The van der Waals surface area contributed by atoms with Crippen molar-refractivity contribution in [2.45, 2.75) is 6.92 Å². The first-order valence-electron chi connectivity index (χ1n) is 3.81. The summed E-state index contributed by atoms with van der Waals surface area (Å²) in [7, 11) is 0. The van der Waals surface area contributed by atoms with Crippen molar-refractivity contribution in [1.29, 1.82) is 0 Å². The molecule has 0 atom stereocenters. The molecule has 0 heterocycles. The van der Waals surface area contributed by atoms with Crippen molar-refractivity contribution in [1.82, 2.24) is 0 Å².